The van der Waals surface area contributed by atoms with E-state index in [2.05, 4.69) is 13.8 Å². The first-order chi connectivity index (χ1) is 13.2. The molecule has 0 aromatic heterocycles. The van der Waals surface area contributed by atoms with Gasteiger partial charge in [-0.15, -0.1) is 0 Å². The zero-order valence-corrected chi connectivity index (χ0v) is 16.5. The third-order valence-electron chi connectivity index (χ3n) is 4.69. The van der Waals surface area contributed by atoms with Crippen LogP contribution in [0.4, 0.5) is 11.4 Å². The summed E-state index contributed by atoms with van der Waals surface area (Å²) >= 11 is 0. The van der Waals surface area contributed by atoms with E-state index in [0.717, 1.165) is 11.8 Å². The Labute approximate surface area is 166 Å². The lowest BCUT2D eigenvalue weighted by Crippen LogP contribution is -2.08. The molecule has 2 aromatic carbocycles. The van der Waals surface area contributed by atoms with Gasteiger partial charge < -0.3 is 21.7 Å². The van der Waals surface area contributed by atoms with Gasteiger partial charge in [-0.3, -0.25) is 0 Å². The summed E-state index contributed by atoms with van der Waals surface area (Å²) in [6, 6.07) is 12.7. The van der Waals surface area contributed by atoms with Gasteiger partial charge >= 0.3 is 11.9 Å². The number of carboxylic acid groups (broad SMARTS) is 2. The number of rotatable bonds is 2. The van der Waals surface area contributed by atoms with Crippen LogP contribution in [0.3, 0.4) is 0 Å². The molecule has 28 heavy (non-hydrogen) atoms. The number of carbonyl (C=O) groups is 2. The van der Waals surface area contributed by atoms with Gasteiger partial charge in [0, 0.05) is 11.4 Å². The fraction of sp³-hybridized carbons (Fsp3) is 0.364. The Bertz CT molecular complexity index is 703. The van der Waals surface area contributed by atoms with Crippen LogP contribution in [0, 0.1) is 11.8 Å². The van der Waals surface area contributed by atoms with Gasteiger partial charge in [-0.1, -0.05) is 63.8 Å². The van der Waals surface area contributed by atoms with E-state index in [1.165, 1.54) is 37.8 Å². The largest absolute Gasteiger partial charge is 0.478 e. The highest BCUT2D eigenvalue weighted by Crippen LogP contribution is 2.27. The van der Waals surface area contributed by atoms with Crippen molar-refractivity contribution in [2.24, 2.45) is 11.8 Å². The molecule has 0 aliphatic heterocycles. The highest BCUT2D eigenvalue weighted by Gasteiger charge is 2.13. The van der Waals surface area contributed by atoms with Crippen molar-refractivity contribution in [3.63, 3.8) is 0 Å². The Hall–Kier alpha value is -3.02. The average Bonchev–Trinajstić information content (AvgIpc) is 2.65. The van der Waals surface area contributed by atoms with Crippen molar-refractivity contribution in [1.29, 1.82) is 0 Å². The molecule has 0 bridgehead atoms. The Morgan fingerprint density at radius 3 is 1.21 bits per heavy atom. The summed E-state index contributed by atoms with van der Waals surface area (Å²) in [4.78, 5) is 20.7. The van der Waals surface area contributed by atoms with E-state index in [-0.39, 0.29) is 11.1 Å². The lowest BCUT2D eigenvalue weighted by Gasteiger charge is -2.22. The van der Waals surface area contributed by atoms with Crippen LogP contribution in [0.15, 0.2) is 48.5 Å². The summed E-state index contributed by atoms with van der Waals surface area (Å²) < 4.78 is 0. The lowest BCUT2D eigenvalue weighted by atomic mass is 9.84. The van der Waals surface area contributed by atoms with Crippen LogP contribution >= 0.6 is 0 Å². The quantitative estimate of drug-likeness (QED) is 0.551. The van der Waals surface area contributed by atoms with Crippen molar-refractivity contribution >= 4 is 23.3 Å². The van der Waals surface area contributed by atoms with Crippen molar-refractivity contribution in [1.82, 2.24) is 0 Å². The van der Waals surface area contributed by atoms with Crippen LogP contribution in [0.25, 0.3) is 0 Å². The van der Waals surface area contributed by atoms with Gasteiger partial charge in [0.05, 0.1) is 11.1 Å². The molecule has 0 spiro atoms. The number of nitrogen functional groups attached to an aromatic ring is 2. The SMILES string of the molecule is CC1CCC(C)CC1.Nc1ccccc1C(=O)O.Nc1ccccc1C(=O)O. The number of hydrogen-bond acceptors (Lipinski definition) is 4. The maximum atomic E-state index is 10.3. The minimum atomic E-state index is -0.988. The summed E-state index contributed by atoms with van der Waals surface area (Å²) in [6.45, 7) is 4.73. The molecule has 1 aliphatic rings. The van der Waals surface area contributed by atoms with Crippen molar-refractivity contribution in [2.45, 2.75) is 39.5 Å². The van der Waals surface area contributed by atoms with Gasteiger partial charge in [0.1, 0.15) is 0 Å². The van der Waals surface area contributed by atoms with Crippen molar-refractivity contribution in [3.05, 3.63) is 59.7 Å². The van der Waals surface area contributed by atoms with Gasteiger partial charge in [0.15, 0.2) is 0 Å². The molecule has 6 nitrogen and oxygen atoms in total. The van der Waals surface area contributed by atoms with Crippen LogP contribution in [0.2, 0.25) is 0 Å². The van der Waals surface area contributed by atoms with Gasteiger partial charge in [-0.05, 0) is 36.1 Å². The van der Waals surface area contributed by atoms with E-state index in [9.17, 15) is 9.59 Å². The van der Waals surface area contributed by atoms with E-state index in [4.69, 9.17) is 21.7 Å². The highest BCUT2D eigenvalue weighted by atomic mass is 16.4. The first kappa shape index (κ1) is 23.0. The normalized spacial score (nSPS) is 17.9. The van der Waals surface area contributed by atoms with Gasteiger partial charge in [0.2, 0.25) is 0 Å². The molecule has 152 valence electrons. The van der Waals surface area contributed by atoms with Crippen molar-refractivity contribution in [2.75, 3.05) is 11.5 Å². The monoisotopic (exact) mass is 386 g/mol. The Balaban J connectivity index is 0.000000212. The fourth-order valence-electron chi connectivity index (χ4n) is 2.81. The number of anilines is 2. The third-order valence-corrected chi connectivity index (χ3v) is 4.69. The van der Waals surface area contributed by atoms with Gasteiger partial charge in [0.25, 0.3) is 0 Å². The fourth-order valence-corrected chi connectivity index (χ4v) is 2.81. The molecule has 1 fully saturated rings. The molecule has 3 rings (SSSR count). The highest BCUT2D eigenvalue weighted by molar-refractivity contribution is 5.93. The van der Waals surface area contributed by atoms with Crippen molar-refractivity contribution in [3.8, 4) is 0 Å². The van der Waals surface area contributed by atoms with Crippen molar-refractivity contribution < 1.29 is 19.8 Å². The van der Waals surface area contributed by atoms with E-state index in [0.29, 0.717) is 11.4 Å². The lowest BCUT2D eigenvalue weighted by molar-refractivity contribution is 0.0687. The van der Waals surface area contributed by atoms with Crippen LogP contribution < -0.4 is 11.5 Å². The zero-order valence-electron chi connectivity index (χ0n) is 16.5. The molecule has 1 aliphatic carbocycles. The second kappa shape index (κ2) is 11.6. The number of hydrogen-bond donors (Lipinski definition) is 4. The molecular formula is C22H30N2O4. The first-order valence-electron chi connectivity index (χ1n) is 9.38. The molecule has 0 saturated heterocycles. The minimum Gasteiger partial charge on any atom is -0.478 e. The molecular weight excluding hydrogens is 356 g/mol. The third kappa shape index (κ3) is 8.12. The standard InChI is InChI=1S/C8H16.2C7H7NO2/c1-7-3-5-8(2)6-4-7;2*8-6-4-2-1-3-5(6)7(9)10/h7-8H,3-6H2,1-2H3;2*1-4H,8H2,(H,9,10). The molecule has 6 heteroatoms. The van der Waals surface area contributed by atoms with E-state index in [1.54, 1.807) is 36.4 Å². The van der Waals surface area contributed by atoms with Crippen LogP contribution in [-0.4, -0.2) is 22.2 Å². The average molecular weight is 386 g/mol. The summed E-state index contributed by atoms with van der Waals surface area (Å²) in [5.41, 5.74) is 11.6. The van der Waals surface area contributed by atoms with Gasteiger partial charge in [-0.2, -0.15) is 0 Å². The minimum absolute atomic E-state index is 0.155. The van der Waals surface area contributed by atoms with E-state index < -0.39 is 11.9 Å². The maximum absolute atomic E-state index is 10.3. The topological polar surface area (TPSA) is 127 Å². The molecule has 0 atom stereocenters. The second-order valence-corrected chi connectivity index (χ2v) is 7.15. The molecule has 6 N–H and O–H groups in total. The van der Waals surface area contributed by atoms with Gasteiger partial charge in [-0.25, -0.2) is 9.59 Å². The van der Waals surface area contributed by atoms with Crippen LogP contribution in [-0.2, 0) is 0 Å². The first-order valence-corrected chi connectivity index (χ1v) is 9.38. The Morgan fingerprint density at radius 2 is 1.00 bits per heavy atom. The summed E-state index contributed by atoms with van der Waals surface area (Å²) in [7, 11) is 0. The Morgan fingerprint density at radius 1 is 0.714 bits per heavy atom. The molecule has 0 radical (unpaired) electrons. The van der Waals surface area contributed by atoms with E-state index in [1.807, 2.05) is 0 Å². The molecule has 0 amide bonds. The molecule has 0 unspecified atom stereocenters. The summed E-state index contributed by atoms with van der Waals surface area (Å²) in [5, 5.41) is 17.0. The van der Waals surface area contributed by atoms with Crippen LogP contribution in [0.1, 0.15) is 60.2 Å². The molecule has 2 aromatic rings. The number of para-hydroxylation sites is 2. The van der Waals surface area contributed by atoms with E-state index >= 15 is 0 Å². The predicted octanol–water partition coefficient (Wildman–Crippen LogP) is 4.77. The van der Waals surface area contributed by atoms with Crippen LogP contribution in [0.5, 0.6) is 0 Å². The second-order valence-electron chi connectivity index (χ2n) is 7.15. The number of benzene rings is 2. The Kier molecular flexibility index (Phi) is 9.57. The summed E-state index contributed by atoms with van der Waals surface area (Å²) in [6.07, 6.45) is 5.89. The maximum Gasteiger partial charge on any atom is 0.337 e. The summed E-state index contributed by atoms with van der Waals surface area (Å²) in [5.74, 6) is 0.0635. The smallest absolute Gasteiger partial charge is 0.337 e. The number of carboxylic acids is 2. The predicted molar refractivity (Wildman–Crippen MR) is 112 cm³/mol. The molecule has 1 saturated carbocycles. The number of nitrogens with two attached hydrogens (primary N) is 2. The number of aromatic carboxylic acids is 2. The molecule has 0 heterocycles. The zero-order chi connectivity index (χ0) is 21.1.